The quantitative estimate of drug-likeness (QED) is 0.655. The summed E-state index contributed by atoms with van der Waals surface area (Å²) in [5.41, 5.74) is 2.86. The largest absolute Gasteiger partial charge is 0.311 e. The van der Waals surface area contributed by atoms with E-state index in [2.05, 4.69) is 0 Å². The van der Waals surface area contributed by atoms with E-state index < -0.39 is 5.91 Å². The smallest absolute Gasteiger partial charge is 0.254 e. The SMILES string of the molecule is O=C(CCc1cccn(Cc2cccc(Cl)c2)c1=O)NO. The number of aryl methyl sites for hydroxylation is 1. The van der Waals surface area contributed by atoms with Crippen LogP contribution in [-0.4, -0.2) is 15.7 Å². The lowest BCUT2D eigenvalue weighted by molar-refractivity contribution is -0.129. The average molecular weight is 307 g/mol. The number of benzene rings is 1. The van der Waals surface area contributed by atoms with Crippen LogP contribution in [0.3, 0.4) is 0 Å². The van der Waals surface area contributed by atoms with Crippen LogP contribution in [0.2, 0.25) is 5.02 Å². The van der Waals surface area contributed by atoms with Gasteiger partial charge in [-0.1, -0.05) is 29.8 Å². The zero-order valence-electron chi connectivity index (χ0n) is 11.3. The summed E-state index contributed by atoms with van der Waals surface area (Å²) in [5.74, 6) is -0.514. The van der Waals surface area contributed by atoms with Gasteiger partial charge in [0.15, 0.2) is 0 Å². The van der Waals surface area contributed by atoms with Crippen molar-refractivity contribution in [2.45, 2.75) is 19.4 Å². The molecule has 0 atom stereocenters. The standard InChI is InChI=1S/C15H15ClN2O3/c16-13-5-1-3-11(9-13)10-18-8-2-4-12(15(18)20)6-7-14(19)17-21/h1-5,8-9,21H,6-7,10H2,(H,17,19). The molecule has 0 fully saturated rings. The zero-order valence-corrected chi connectivity index (χ0v) is 12.0. The molecule has 0 aliphatic carbocycles. The first kappa shape index (κ1) is 15.3. The van der Waals surface area contributed by atoms with Gasteiger partial charge in [0.05, 0.1) is 6.54 Å². The van der Waals surface area contributed by atoms with Crippen molar-refractivity contribution >= 4 is 17.5 Å². The summed E-state index contributed by atoms with van der Waals surface area (Å²) in [5, 5.41) is 9.08. The zero-order chi connectivity index (χ0) is 15.2. The summed E-state index contributed by atoms with van der Waals surface area (Å²) in [6, 6.07) is 10.7. The molecule has 0 aliphatic rings. The monoisotopic (exact) mass is 306 g/mol. The van der Waals surface area contributed by atoms with Crippen LogP contribution < -0.4 is 11.0 Å². The Bertz CT molecular complexity index is 697. The Morgan fingerprint density at radius 3 is 2.81 bits per heavy atom. The number of pyridine rings is 1. The van der Waals surface area contributed by atoms with Gasteiger partial charge in [-0.15, -0.1) is 0 Å². The van der Waals surface area contributed by atoms with Crippen molar-refractivity contribution in [3.05, 3.63) is 69.1 Å². The summed E-state index contributed by atoms with van der Waals surface area (Å²) in [4.78, 5) is 23.3. The number of aromatic nitrogens is 1. The summed E-state index contributed by atoms with van der Waals surface area (Å²) >= 11 is 5.93. The van der Waals surface area contributed by atoms with Crippen molar-refractivity contribution in [2.75, 3.05) is 0 Å². The minimum absolute atomic E-state index is 0.0624. The number of carbonyl (C=O) groups excluding carboxylic acids is 1. The number of halogens is 1. The van der Waals surface area contributed by atoms with Crippen molar-refractivity contribution in [3.63, 3.8) is 0 Å². The van der Waals surface area contributed by atoms with Crippen LogP contribution in [0.15, 0.2) is 47.4 Å². The van der Waals surface area contributed by atoms with Gasteiger partial charge in [-0.25, -0.2) is 5.48 Å². The third kappa shape index (κ3) is 4.18. The first-order valence-electron chi connectivity index (χ1n) is 6.46. The Morgan fingerprint density at radius 2 is 2.10 bits per heavy atom. The maximum Gasteiger partial charge on any atom is 0.254 e. The Labute approximate surface area is 126 Å². The van der Waals surface area contributed by atoms with Crippen LogP contribution >= 0.6 is 11.6 Å². The van der Waals surface area contributed by atoms with E-state index in [-0.39, 0.29) is 18.4 Å². The summed E-state index contributed by atoms with van der Waals surface area (Å²) in [6.45, 7) is 0.416. The lowest BCUT2D eigenvalue weighted by atomic mass is 10.1. The molecular weight excluding hydrogens is 292 g/mol. The highest BCUT2D eigenvalue weighted by Crippen LogP contribution is 2.11. The number of carbonyl (C=O) groups is 1. The molecule has 2 N–H and O–H groups in total. The van der Waals surface area contributed by atoms with E-state index in [1.165, 1.54) is 0 Å². The van der Waals surface area contributed by atoms with E-state index in [0.717, 1.165) is 5.56 Å². The fourth-order valence-corrected chi connectivity index (χ4v) is 2.25. The molecule has 1 heterocycles. The highest BCUT2D eigenvalue weighted by molar-refractivity contribution is 6.30. The molecule has 0 spiro atoms. The minimum Gasteiger partial charge on any atom is -0.311 e. The second-order valence-electron chi connectivity index (χ2n) is 4.63. The number of nitrogens with zero attached hydrogens (tertiary/aromatic N) is 1. The van der Waals surface area contributed by atoms with Gasteiger partial charge in [-0.05, 0) is 30.2 Å². The van der Waals surface area contributed by atoms with Crippen LogP contribution in [0, 0.1) is 0 Å². The van der Waals surface area contributed by atoms with Gasteiger partial charge >= 0.3 is 0 Å². The summed E-state index contributed by atoms with van der Waals surface area (Å²) in [7, 11) is 0. The lowest BCUT2D eigenvalue weighted by Crippen LogP contribution is -2.25. The average Bonchev–Trinajstić information content (AvgIpc) is 2.48. The number of nitrogens with one attached hydrogen (secondary N) is 1. The molecule has 0 radical (unpaired) electrons. The molecule has 2 aromatic rings. The van der Waals surface area contributed by atoms with Gasteiger partial charge in [0.1, 0.15) is 0 Å². The highest BCUT2D eigenvalue weighted by Gasteiger charge is 2.07. The molecule has 0 bridgehead atoms. The molecule has 0 unspecified atom stereocenters. The summed E-state index contributed by atoms with van der Waals surface area (Å²) in [6.07, 6.45) is 2.04. The van der Waals surface area contributed by atoms with Gasteiger partial charge in [0.25, 0.3) is 5.56 Å². The molecule has 0 aliphatic heterocycles. The molecule has 21 heavy (non-hydrogen) atoms. The van der Waals surface area contributed by atoms with Gasteiger partial charge < -0.3 is 4.57 Å². The predicted octanol–water partition coefficient (Wildman–Crippen LogP) is 1.99. The Morgan fingerprint density at radius 1 is 1.29 bits per heavy atom. The van der Waals surface area contributed by atoms with Gasteiger partial charge in [0.2, 0.25) is 5.91 Å². The molecule has 0 saturated carbocycles. The fourth-order valence-electron chi connectivity index (χ4n) is 2.04. The number of hydroxylamine groups is 1. The highest BCUT2D eigenvalue weighted by atomic mass is 35.5. The van der Waals surface area contributed by atoms with Crippen LogP contribution in [0.4, 0.5) is 0 Å². The minimum atomic E-state index is -0.514. The van der Waals surface area contributed by atoms with Crippen molar-refractivity contribution in [3.8, 4) is 0 Å². The maximum atomic E-state index is 12.3. The van der Waals surface area contributed by atoms with E-state index in [1.54, 1.807) is 40.5 Å². The van der Waals surface area contributed by atoms with Crippen LogP contribution in [0.25, 0.3) is 0 Å². The van der Waals surface area contributed by atoms with Crippen LogP contribution in [0.5, 0.6) is 0 Å². The Balaban J connectivity index is 2.18. The predicted molar refractivity (Wildman–Crippen MR) is 79.5 cm³/mol. The van der Waals surface area contributed by atoms with Gasteiger partial charge in [0, 0.05) is 23.2 Å². The number of rotatable bonds is 5. The second kappa shape index (κ2) is 7.06. The van der Waals surface area contributed by atoms with Gasteiger partial charge in [-0.2, -0.15) is 0 Å². The third-order valence-corrected chi connectivity index (χ3v) is 3.32. The first-order valence-corrected chi connectivity index (χ1v) is 6.83. The number of hydrogen-bond acceptors (Lipinski definition) is 3. The molecule has 0 saturated heterocycles. The van der Waals surface area contributed by atoms with E-state index in [9.17, 15) is 9.59 Å². The fraction of sp³-hybridized carbons (Fsp3) is 0.200. The van der Waals surface area contributed by atoms with E-state index in [4.69, 9.17) is 16.8 Å². The van der Waals surface area contributed by atoms with Crippen LogP contribution in [-0.2, 0) is 17.8 Å². The number of hydrogen-bond donors (Lipinski definition) is 2. The molecule has 1 aromatic carbocycles. The Kier molecular flexibility index (Phi) is 5.14. The van der Waals surface area contributed by atoms with Crippen molar-refractivity contribution < 1.29 is 10.0 Å². The topological polar surface area (TPSA) is 71.3 Å². The molecule has 2 rings (SSSR count). The van der Waals surface area contributed by atoms with Crippen molar-refractivity contribution in [2.24, 2.45) is 0 Å². The van der Waals surface area contributed by atoms with Crippen molar-refractivity contribution in [1.82, 2.24) is 10.0 Å². The molecular formula is C15H15ClN2O3. The van der Waals surface area contributed by atoms with Crippen LogP contribution in [0.1, 0.15) is 17.5 Å². The molecule has 6 heteroatoms. The molecule has 1 aromatic heterocycles. The molecule has 110 valence electrons. The van der Waals surface area contributed by atoms with E-state index in [1.807, 2.05) is 12.1 Å². The molecule has 5 nitrogen and oxygen atoms in total. The maximum absolute atomic E-state index is 12.3. The lowest BCUT2D eigenvalue weighted by Gasteiger charge is -2.08. The normalized spacial score (nSPS) is 10.4. The Hall–Kier alpha value is -2.11. The van der Waals surface area contributed by atoms with Gasteiger partial charge in [-0.3, -0.25) is 14.8 Å². The van der Waals surface area contributed by atoms with E-state index in [0.29, 0.717) is 17.1 Å². The number of amides is 1. The summed E-state index contributed by atoms with van der Waals surface area (Å²) < 4.78 is 1.57. The molecule has 1 amide bonds. The second-order valence-corrected chi connectivity index (χ2v) is 5.07. The van der Waals surface area contributed by atoms with Crippen molar-refractivity contribution in [1.29, 1.82) is 0 Å². The first-order chi connectivity index (χ1) is 10.1. The third-order valence-electron chi connectivity index (χ3n) is 3.09. The van der Waals surface area contributed by atoms with E-state index >= 15 is 0 Å².